The van der Waals surface area contributed by atoms with Gasteiger partial charge in [-0.15, -0.1) is 0 Å². The summed E-state index contributed by atoms with van der Waals surface area (Å²) in [5.74, 6) is 2.03. The van der Waals surface area contributed by atoms with Gasteiger partial charge in [0.2, 0.25) is 0 Å². The van der Waals surface area contributed by atoms with Crippen molar-refractivity contribution < 1.29 is 4.74 Å². The van der Waals surface area contributed by atoms with Crippen molar-refractivity contribution in [3.63, 3.8) is 0 Å². The molecule has 0 unspecified atom stereocenters. The molecule has 1 saturated heterocycles. The molecular weight excluding hydrogens is 198 g/mol. The maximum Gasteiger partial charge on any atom is 0.0594 e. The van der Waals surface area contributed by atoms with E-state index in [1.807, 2.05) is 0 Å². The second-order valence-electron chi connectivity index (χ2n) is 5.72. The van der Waals surface area contributed by atoms with Gasteiger partial charge in [0.25, 0.3) is 0 Å². The second kappa shape index (κ2) is 6.61. The molecule has 0 aromatic rings. The number of rotatable bonds is 4. The van der Waals surface area contributed by atoms with Crippen molar-refractivity contribution in [1.82, 2.24) is 4.90 Å². The van der Waals surface area contributed by atoms with Crippen LogP contribution in [0.4, 0.5) is 0 Å². The first-order valence-electron chi connectivity index (χ1n) is 7.14. The lowest BCUT2D eigenvalue weighted by molar-refractivity contribution is 0.0363. The van der Waals surface area contributed by atoms with E-state index in [4.69, 9.17) is 4.74 Å². The summed E-state index contributed by atoms with van der Waals surface area (Å²) in [6.45, 7) is 7.91. The van der Waals surface area contributed by atoms with Gasteiger partial charge in [0.1, 0.15) is 0 Å². The Morgan fingerprint density at radius 3 is 2.44 bits per heavy atom. The number of ether oxygens (including phenoxy) is 1. The van der Waals surface area contributed by atoms with Gasteiger partial charge in [0.05, 0.1) is 13.2 Å². The highest BCUT2D eigenvalue weighted by molar-refractivity contribution is 4.71. The lowest BCUT2D eigenvalue weighted by atomic mass is 9.81. The van der Waals surface area contributed by atoms with Crippen LogP contribution in [-0.2, 0) is 4.74 Å². The van der Waals surface area contributed by atoms with Crippen molar-refractivity contribution in [3.05, 3.63) is 0 Å². The van der Waals surface area contributed by atoms with Crippen molar-refractivity contribution in [3.8, 4) is 0 Å². The van der Waals surface area contributed by atoms with Gasteiger partial charge >= 0.3 is 0 Å². The largest absolute Gasteiger partial charge is 0.379 e. The molecule has 16 heavy (non-hydrogen) atoms. The van der Waals surface area contributed by atoms with Gasteiger partial charge in [-0.3, -0.25) is 4.90 Å². The molecule has 1 saturated carbocycles. The third-order valence-electron chi connectivity index (χ3n) is 4.33. The number of hydrogen-bond donors (Lipinski definition) is 0. The van der Waals surface area contributed by atoms with Crippen LogP contribution >= 0.6 is 0 Å². The predicted octanol–water partition coefficient (Wildman–Crippen LogP) is 2.93. The van der Waals surface area contributed by atoms with Gasteiger partial charge in [-0.1, -0.05) is 32.6 Å². The summed E-state index contributed by atoms with van der Waals surface area (Å²) in [5, 5.41) is 0. The Balaban J connectivity index is 1.53. The fourth-order valence-corrected chi connectivity index (χ4v) is 3.05. The normalized spacial score (nSPS) is 32.8. The first-order chi connectivity index (χ1) is 7.84. The highest BCUT2D eigenvalue weighted by atomic mass is 16.5. The highest BCUT2D eigenvalue weighted by Gasteiger charge is 2.18. The average Bonchev–Trinajstić information content (AvgIpc) is 2.33. The van der Waals surface area contributed by atoms with E-state index in [1.165, 1.54) is 45.1 Å². The molecule has 1 heterocycles. The van der Waals surface area contributed by atoms with E-state index in [-0.39, 0.29) is 0 Å². The zero-order valence-electron chi connectivity index (χ0n) is 10.8. The highest BCUT2D eigenvalue weighted by Crippen LogP contribution is 2.31. The summed E-state index contributed by atoms with van der Waals surface area (Å²) in [5.41, 5.74) is 0. The maximum atomic E-state index is 5.37. The minimum Gasteiger partial charge on any atom is -0.379 e. The zero-order valence-corrected chi connectivity index (χ0v) is 10.8. The Hall–Kier alpha value is -0.0800. The van der Waals surface area contributed by atoms with Crippen LogP contribution in [0.3, 0.4) is 0 Å². The van der Waals surface area contributed by atoms with Crippen LogP contribution < -0.4 is 0 Å². The van der Waals surface area contributed by atoms with Crippen molar-refractivity contribution in [2.24, 2.45) is 11.8 Å². The third kappa shape index (κ3) is 4.06. The van der Waals surface area contributed by atoms with Crippen LogP contribution in [0.5, 0.6) is 0 Å². The van der Waals surface area contributed by atoms with Crippen molar-refractivity contribution >= 4 is 0 Å². The first kappa shape index (κ1) is 12.4. The molecule has 94 valence electrons. The first-order valence-corrected chi connectivity index (χ1v) is 7.14. The van der Waals surface area contributed by atoms with Crippen LogP contribution in [0.1, 0.15) is 45.4 Å². The molecule has 0 aromatic heterocycles. The molecule has 0 bridgehead atoms. The van der Waals surface area contributed by atoms with Crippen molar-refractivity contribution in [2.75, 3.05) is 32.8 Å². The molecule has 2 aliphatic rings. The molecule has 0 N–H and O–H groups in total. The average molecular weight is 225 g/mol. The molecule has 2 nitrogen and oxygen atoms in total. The molecule has 1 aliphatic heterocycles. The van der Waals surface area contributed by atoms with E-state index in [0.29, 0.717) is 0 Å². The van der Waals surface area contributed by atoms with Crippen molar-refractivity contribution in [1.29, 1.82) is 0 Å². The molecular formula is C14H27NO. The van der Waals surface area contributed by atoms with Gasteiger partial charge in [-0.05, 0) is 31.2 Å². The Morgan fingerprint density at radius 1 is 1.06 bits per heavy atom. The van der Waals surface area contributed by atoms with E-state index in [2.05, 4.69) is 11.8 Å². The number of hydrogen-bond acceptors (Lipinski definition) is 2. The summed E-state index contributed by atoms with van der Waals surface area (Å²) in [4.78, 5) is 2.56. The summed E-state index contributed by atoms with van der Waals surface area (Å²) in [6.07, 6.45) is 8.79. The van der Waals surface area contributed by atoms with E-state index < -0.39 is 0 Å². The molecule has 2 fully saturated rings. The standard InChI is InChI=1S/C14H27NO/c1-13-4-6-14(7-5-13)3-2-8-15-9-11-16-12-10-15/h13-14H,2-12H2,1H3. The zero-order chi connectivity index (χ0) is 11.2. The Morgan fingerprint density at radius 2 is 1.75 bits per heavy atom. The van der Waals surface area contributed by atoms with Gasteiger partial charge in [-0.25, -0.2) is 0 Å². The fraction of sp³-hybridized carbons (Fsp3) is 1.00. The van der Waals surface area contributed by atoms with Crippen LogP contribution in [0.25, 0.3) is 0 Å². The lowest BCUT2D eigenvalue weighted by Gasteiger charge is -2.29. The molecule has 1 aliphatic carbocycles. The van der Waals surface area contributed by atoms with Gasteiger partial charge in [0.15, 0.2) is 0 Å². The van der Waals surface area contributed by atoms with Crippen LogP contribution in [-0.4, -0.2) is 37.7 Å². The second-order valence-corrected chi connectivity index (χ2v) is 5.72. The lowest BCUT2D eigenvalue weighted by Crippen LogP contribution is -2.37. The topological polar surface area (TPSA) is 12.5 Å². The molecule has 0 spiro atoms. The molecule has 0 amide bonds. The van der Waals surface area contributed by atoms with Crippen LogP contribution in [0, 0.1) is 11.8 Å². The Bertz CT molecular complexity index is 181. The van der Waals surface area contributed by atoms with Gasteiger partial charge in [-0.2, -0.15) is 0 Å². The molecule has 0 radical (unpaired) electrons. The van der Waals surface area contributed by atoms with E-state index in [9.17, 15) is 0 Å². The Labute approximate surface area is 100 Å². The number of nitrogens with zero attached hydrogens (tertiary/aromatic N) is 1. The van der Waals surface area contributed by atoms with E-state index in [1.54, 1.807) is 0 Å². The number of morpholine rings is 1. The van der Waals surface area contributed by atoms with E-state index >= 15 is 0 Å². The summed E-state index contributed by atoms with van der Waals surface area (Å²) in [7, 11) is 0. The minimum absolute atomic E-state index is 0.945. The molecule has 0 atom stereocenters. The van der Waals surface area contributed by atoms with Crippen molar-refractivity contribution in [2.45, 2.75) is 45.4 Å². The fourth-order valence-electron chi connectivity index (χ4n) is 3.05. The summed E-state index contributed by atoms with van der Waals surface area (Å²) < 4.78 is 5.37. The van der Waals surface area contributed by atoms with Crippen LogP contribution in [0.15, 0.2) is 0 Å². The molecule has 0 aromatic carbocycles. The predicted molar refractivity (Wildman–Crippen MR) is 67.6 cm³/mol. The SMILES string of the molecule is CC1CCC(CCCN2CCOCC2)CC1. The Kier molecular flexibility index (Phi) is 5.11. The van der Waals surface area contributed by atoms with E-state index in [0.717, 1.165) is 38.1 Å². The smallest absolute Gasteiger partial charge is 0.0594 e. The van der Waals surface area contributed by atoms with Gasteiger partial charge < -0.3 is 4.74 Å². The maximum absolute atomic E-state index is 5.37. The summed E-state index contributed by atoms with van der Waals surface area (Å²) >= 11 is 0. The third-order valence-corrected chi connectivity index (χ3v) is 4.33. The summed E-state index contributed by atoms with van der Waals surface area (Å²) in [6, 6.07) is 0. The minimum atomic E-state index is 0.945. The molecule has 2 heteroatoms. The quantitative estimate of drug-likeness (QED) is 0.729. The van der Waals surface area contributed by atoms with Crippen LogP contribution in [0.2, 0.25) is 0 Å². The monoisotopic (exact) mass is 225 g/mol. The van der Waals surface area contributed by atoms with Gasteiger partial charge in [0, 0.05) is 13.1 Å². The molecule has 2 rings (SSSR count).